The molecule has 0 saturated carbocycles. The van der Waals surface area contributed by atoms with Crippen LogP contribution in [0.1, 0.15) is 54.1 Å². The van der Waals surface area contributed by atoms with E-state index in [2.05, 4.69) is 10.5 Å². The molecule has 2 rings (SSSR count). The molecular weight excluding hydrogens is 348 g/mol. The predicted octanol–water partition coefficient (Wildman–Crippen LogP) is 3.49. The second-order valence-corrected chi connectivity index (χ2v) is 6.56. The zero-order valence-corrected chi connectivity index (χ0v) is 16.2. The van der Waals surface area contributed by atoms with Gasteiger partial charge in [0.2, 0.25) is 0 Å². The Labute approximate surface area is 158 Å². The molecular formula is C20H26N2O5. The Morgan fingerprint density at radius 1 is 1.22 bits per heavy atom. The lowest BCUT2D eigenvalue weighted by Crippen LogP contribution is -2.42. The molecule has 0 aliphatic carbocycles. The van der Waals surface area contributed by atoms with Gasteiger partial charge in [0.05, 0.1) is 22.2 Å². The Bertz CT molecular complexity index is 789. The number of ether oxygens (including phenoxy) is 1. The molecule has 0 saturated heterocycles. The van der Waals surface area contributed by atoms with Gasteiger partial charge in [-0.05, 0) is 38.8 Å². The number of hydrogen-bond acceptors (Lipinski definition) is 5. The van der Waals surface area contributed by atoms with Crippen LogP contribution in [0.3, 0.4) is 0 Å². The van der Waals surface area contributed by atoms with Gasteiger partial charge in [0.15, 0.2) is 0 Å². The van der Waals surface area contributed by atoms with Gasteiger partial charge in [0, 0.05) is 6.54 Å². The summed E-state index contributed by atoms with van der Waals surface area (Å²) in [6.07, 6.45) is 0.868. The highest BCUT2D eigenvalue weighted by atomic mass is 16.5. The van der Waals surface area contributed by atoms with Crippen LogP contribution in [0.2, 0.25) is 0 Å². The number of hydrogen-bond donors (Lipinski definition) is 2. The number of carboxylic acids is 1. The maximum Gasteiger partial charge on any atom is 0.311 e. The number of amides is 1. The van der Waals surface area contributed by atoms with Crippen molar-refractivity contribution in [2.45, 2.75) is 47.1 Å². The lowest BCUT2D eigenvalue weighted by Gasteiger charge is -2.27. The molecule has 146 valence electrons. The Kier molecular flexibility index (Phi) is 6.60. The molecule has 0 fully saturated rings. The van der Waals surface area contributed by atoms with E-state index in [4.69, 9.17) is 9.26 Å². The molecule has 0 aliphatic heterocycles. The van der Waals surface area contributed by atoms with E-state index in [1.807, 2.05) is 20.8 Å². The summed E-state index contributed by atoms with van der Waals surface area (Å²) in [7, 11) is 0. The number of rotatable bonds is 9. The van der Waals surface area contributed by atoms with Gasteiger partial charge in [-0.1, -0.05) is 31.1 Å². The van der Waals surface area contributed by atoms with Crippen LogP contribution in [0.25, 0.3) is 0 Å². The number of nitrogens with one attached hydrogen (secondary N) is 1. The number of aliphatic carboxylic acids is 1. The Balaban J connectivity index is 2.12. The van der Waals surface area contributed by atoms with Crippen LogP contribution < -0.4 is 10.1 Å². The molecule has 27 heavy (non-hydrogen) atoms. The number of aryl methyl sites for hydroxylation is 2. The maximum absolute atomic E-state index is 12.6. The first kappa shape index (κ1) is 20.5. The Morgan fingerprint density at radius 3 is 2.44 bits per heavy atom. The van der Waals surface area contributed by atoms with Crippen LogP contribution in [0.5, 0.6) is 5.75 Å². The van der Waals surface area contributed by atoms with Crippen LogP contribution in [0.15, 0.2) is 28.8 Å². The van der Waals surface area contributed by atoms with Gasteiger partial charge in [-0.15, -0.1) is 0 Å². The molecule has 0 radical (unpaired) electrons. The normalized spacial score (nSPS) is 11.3. The van der Waals surface area contributed by atoms with Gasteiger partial charge in [0.1, 0.15) is 18.1 Å². The van der Waals surface area contributed by atoms with Crippen LogP contribution in [0, 0.1) is 19.3 Å². The Morgan fingerprint density at radius 2 is 1.89 bits per heavy atom. The highest BCUT2D eigenvalue weighted by molar-refractivity contribution is 5.97. The predicted molar refractivity (Wildman–Crippen MR) is 99.7 cm³/mol. The summed E-state index contributed by atoms with van der Waals surface area (Å²) in [5, 5.41) is 16.1. The smallest absolute Gasteiger partial charge is 0.311 e. The molecule has 1 amide bonds. The highest BCUT2D eigenvalue weighted by Gasteiger charge is 2.35. The summed E-state index contributed by atoms with van der Waals surface area (Å²) in [5.74, 6) is -0.178. The monoisotopic (exact) mass is 374 g/mol. The van der Waals surface area contributed by atoms with Gasteiger partial charge in [-0.3, -0.25) is 9.59 Å². The number of aromatic nitrogens is 1. The summed E-state index contributed by atoms with van der Waals surface area (Å²) in [4.78, 5) is 24.3. The number of benzene rings is 1. The topological polar surface area (TPSA) is 102 Å². The molecule has 2 aromatic rings. The largest absolute Gasteiger partial charge is 0.488 e. The van der Waals surface area contributed by atoms with Crippen molar-refractivity contribution in [1.29, 1.82) is 0 Å². The summed E-state index contributed by atoms with van der Waals surface area (Å²) in [5.41, 5.74) is 0.969. The molecule has 7 nitrogen and oxygen atoms in total. The summed E-state index contributed by atoms with van der Waals surface area (Å²) < 4.78 is 10.9. The van der Waals surface area contributed by atoms with Gasteiger partial charge < -0.3 is 19.7 Å². The van der Waals surface area contributed by atoms with E-state index in [1.54, 1.807) is 31.2 Å². The number of carboxylic acid groups (broad SMARTS) is 1. The van der Waals surface area contributed by atoms with E-state index >= 15 is 0 Å². The fourth-order valence-corrected chi connectivity index (χ4v) is 2.86. The summed E-state index contributed by atoms with van der Waals surface area (Å²) >= 11 is 0. The third kappa shape index (κ3) is 4.48. The SMILES string of the molecule is CCC(CC)(CNC(=O)c1ccccc1OCc1c(C)noc1C)C(=O)O. The molecule has 7 heteroatoms. The van der Waals surface area contributed by atoms with E-state index < -0.39 is 11.4 Å². The van der Waals surface area contributed by atoms with Crippen molar-refractivity contribution < 1.29 is 24.0 Å². The molecule has 1 heterocycles. The molecule has 1 aromatic heterocycles. The quantitative estimate of drug-likeness (QED) is 0.697. The minimum atomic E-state index is -0.970. The third-order valence-corrected chi connectivity index (χ3v) is 5.08. The summed E-state index contributed by atoms with van der Waals surface area (Å²) in [6, 6.07) is 6.87. The first-order chi connectivity index (χ1) is 12.8. The Hall–Kier alpha value is -2.83. The minimum absolute atomic E-state index is 0.0619. The first-order valence-corrected chi connectivity index (χ1v) is 8.99. The lowest BCUT2D eigenvalue weighted by molar-refractivity contribution is -0.149. The van der Waals surface area contributed by atoms with Crippen LogP contribution in [-0.4, -0.2) is 28.7 Å². The van der Waals surface area contributed by atoms with Crippen molar-refractivity contribution in [2.75, 3.05) is 6.54 Å². The third-order valence-electron chi connectivity index (χ3n) is 5.08. The molecule has 0 bridgehead atoms. The number of para-hydroxylation sites is 1. The van der Waals surface area contributed by atoms with E-state index in [0.717, 1.165) is 11.3 Å². The van der Waals surface area contributed by atoms with Crippen LogP contribution in [-0.2, 0) is 11.4 Å². The average Bonchev–Trinajstić information content (AvgIpc) is 2.99. The second kappa shape index (κ2) is 8.70. The highest BCUT2D eigenvalue weighted by Crippen LogP contribution is 2.26. The number of carbonyl (C=O) groups excluding carboxylic acids is 1. The maximum atomic E-state index is 12.6. The standard InChI is InChI=1S/C20H26N2O5/c1-5-20(6-2,19(24)25)12-21-18(23)15-9-7-8-10-17(15)26-11-16-13(3)22-27-14(16)4/h7-10H,5-6,11-12H2,1-4H3,(H,21,23)(H,24,25). The number of carbonyl (C=O) groups is 2. The molecule has 0 spiro atoms. The van der Waals surface area contributed by atoms with Crippen molar-refractivity contribution in [3.8, 4) is 5.75 Å². The van der Waals surface area contributed by atoms with E-state index in [1.165, 1.54) is 0 Å². The minimum Gasteiger partial charge on any atom is -0.488 e. The van der Waals surface area contributed by atoms with Gasteiger partial charge >= 0.3 is 5.97 Å². The van der Waals surface area contributed by atoms with Crippen molar-refractivity contribution >= 4 is 11.9 Å². The molecule has 0 aliphatic rings. The van der Waals surface area contributed by atoms with E-state index in [-0.39, 0.29) is 19.1 Å². The van der Waals surface area contributed by atoms with Crippen LogP contribution in [0.4, 0.5) is 0 Å². The lowest BCUT2D eigenvalue weighted by atomic mass is 9.82. The molecule has 0 atom stereocenters. The average molecular weight is 374 g/mol. The van der Waals surface area contributed by atoms with Crippen molar-refractivity contribution in [3.05, 3.63) is 46.8 Å². The zero-order chi connectivity index (χ0) is 20.0. The first-order valence-electron chi connectivity index (χ1n) is 8.99. The molecule has 0 unspecified atom stereocenters. The van der Waals surface area contributed by atoms with E-state index in [0.29, 0.717) is 29.9 Å². The van der Waals surface area contributed by atoms with Crippen LogP contribution >= 0.6 is 0 Å². The van der Waals surface area contributed by atoms with Gasteiger partial charge in [-0.2, -0.15) is 0 Å². The zero-order valence-electron chi connectivity index (χ0n) is 16.2. The fraction of sp³-hybridized carbons (Fsp3) is 0.450. The summed E-state index contributed by atoms with van der Waals surface area (Å²) in [6.45, 7) is 7.54. The second-order valence-electron chi connectivity index (χ2n) is 6.56. The molecule has 1 aromatic carbocycles. The van der Waals surface area contributed by atoms with E-state index in [9.17, 15) is 14.7 Å². The van der Waals surface area contributed by atoms with Crippen molar-refractivity contribution in [2.24, 2.45) is 5.41 Å². The number of nitrogens with zero attached hydrogens (tertiary/aromatic N) is 1. The van der Waals surface area contributed by atoms with Crippen molar-refractivity contribution in [1.82, 2.24) is 10.5 Å². The molecule has 2 N–H and O–H groups in total. The fourth-order valence-electron chi connectivity index (χ4n) is 2.86. The van der Waals surface area contributed by atoms with Crippen molar-refractivity contribution in [3.63, 3.8) is 0 Å². The van der Waals surface area contributed by atoms with Gasteiger partial charge in [0.25, 0.3) is 5.91 Å². The van der Waals surface area contributed by atoms with Gasteiger partial charge in [-0.25, -0.2) is 0 Å².